The van der Waals surface area contributed by atoms with Crippen molar-refractivity contribution in [2.24, 2.45) is 0 Å². The van der Waals surface area contributed by atoms with E-state index in [1.54, 1.807) is 26.3 Å². The average molecular weight is 231 g/mol. The van der Waals surface area contributed by atoms with Crippen LogP contribution in [-0.2, 0) is 0 Å². The van der Waals surface area contributed by atoms with Gasteiger partial charge in [-0.25, -0.2) is 4.79 Å². The fraction of sp³-hybridized carbons (Fsp3) is 0.154. The molecule has 4 nitrogen and oxygen atoms in total. The SMILES string of the molecule is COc1ccc(-n2ccc(C(=O)O)c2C)cc1. The molecule has 0 amide bonds. The van der Waals surface area contributed by atoms with Gasteiger partial charge in [-0.3, -0.25) is 0 Å². The van der Waals surface area contributed by atoms with Crippen molar-refractivity contribution < 1.29 is 14.6 Å². The number of methoxy groups -OCH3 is 1. The first-order valence-corrected chi connectivity index (χ1v) is 5.19. The summed E-state index contributed by atoms with van der Waals surface area (Å²) in [6.07, 6.45) is 1.75. The van der Waals surface area contributed by atoms with E-state index in [2.05, 4.69) is 0 Å². The van der Waals surface area contributed by atoms with Gasteiger partial charge in [-0.15, -0.1) is 0 Å². The Morgan fingerprint density at radius 3 is 2.35 bits per heavy atom. The molecule has 0 atom stereocenters. The summed E-state index contributed by atoms with van der Waals surface area (Å²) < 4.78 is 6.91. The number of carbonyl (C=O) groups is 1. The highest BCUT2D eigenvalue weighted by molar-refractivity contribution is 5.89. The van der Waals surface area contributed by atoms with Gasteiger partial charge in [0.15, 0.2) is 0 Å². The minimum Gasteiger partial charge on any atom is -0.497 e. The highest BCUT2D eigenvalue weighted by Gasteiger charge is 2.11. The van der Waals surface area contributed by atoms with E-state index in [4.69, 9.17) is 9.84 Å². The van der Waals surface area contributed by atoms with Gasteiger partial charge in [0.2, 0.25) is 0 Å². The number of rotatable bonds is 3. The zero-order valence-corrected chi connectivity index (χ0v) is 9.68. The molecule has 2 rings (SSSR count). The summed E-state index contributed by atoms with van der Waals surface area (Å²) in [5, 5.41) is 8.97. The number of aromatic nitrogens is 1. The van der Waals surface area contributed by atoms with E-state index in [-0.39, 0.29) is 0 Å². The topological polar surface area (TPSA) is 51.5 Å². The third kappa shape index (κ3) is 2.01. The molecular formula is C13H13NO3. The molecule has 2 aromatic rings. The van der Waals surface area contributed by atoms with Gasteiger partial charge in [-0.2, -0.15) is 0 Å². The Hall–Kier alpha value is -2.23. The number of nitrogens with zero attached hydrogens (tertiary/aromatic N) is 1. The number of carboxylic acid groups (broad SMARTS) is 1. The second kappa shape index (κ2) is 4.33. The van der Waals surface area contributed by atoms with Crippen LogP contribution < -0.4 is 4.74 Å². The molecule has 0 aliphatic heterocycles. The van der Waals surface area contributed by atoms with Crippen LogP contribution in [0.5, 0.6) is 5.75 Å². The summed E-state index contributed by atoms with van der Waals surface area (Å²) in [6.45, 7) is 1.79. The van der Waals surface area contributed by atoms with Crippen molar-refractivity contribution in [2.75, 3.05) is 7.11 Å². The van der Waals surface area contributed by atoms with Crippen molar-refractivity contribution in [3.05, 3.63) is 47.8 Å². The summed E-state index contributed by atoms with van der Waals surface area (Å²) in [4.78, 5) is 10.9. The van der Waals surface area contributed by atoms with E-state index >= 15 is 0 Å². The fourth-order valence-electron chi connectivity index (χ4n) is 1.76. The summed E-state index contributed by atoms with van der Waals surface area (Å²) >= 11 is 0. The Morgan fingerprint density at radius 2 is 1.88 bits per heavy atom. The number of carboxylic acids is 1. The minimum atomic E-state index is -0.908. The number of ether oxygens (including phenoxy) is 1. The molecule has 1 aromatic heterocycles. The molecule has 0 aliphatic carbocycles. The molecule has 1 aromatic carbocycles. The smallest absolute Gasteiger partial charge is 0.337 e. The summed E-state index contributed by atoms with van der Waals surface area (Å²) in [5.74, 6) is -0.133. The van der Waals surface area contributed by atoms with E-state index in [0.29, 0.717) is 11.3 Å². The zero-order valence-electron chi connectivity index (χ0n) is 9.68. The molecule has 4 heteroatoms. The zero-order chi connectivity index (χ0) is 12.4. The quantitative estimate of drug-likeness (QED) is 0.882. The van der Waals surface area contributed by atoms with Crippen molar-refractivity contribution in [1.82, 2.24) is 4.57 Å². The van der Waals surface area contributed by atoms with Crippen LogP contribution in [0.3, 0.4) is 0 Å². The van der Waals surface area contributed by atoms with E-state index in [9.17, 15) is 4.79 Å². The van der Waals surface area contributed by atoms with Gasteiger partial charge in [0.1, 0.15) is 5.75 Å². The van der Waals surface area contributed by atoms with Crippen LogP contribution in [0.15, 0.2) is 36.5 Å². The van der Waals surface area contributed by atoms with Crippen LogP contribution >= 0.6 is 0 Å². The molecular weight excluding hydrogens is 218 g/mol. The van der Waals surface area contributed by atoms with Crippen LogP contribution in [0.4, 0.5) is 0 Å². The Balaban J connectivity index is 2.42. The van der Waals surface area contributed by atoms with E-state index in [1.165, 1.54) is 0 Å². The Morgan fingerprint density at radius 1 is 1.24 bits per heavy atom. The molecule has 0 radical (unpaired) electrons. The second-order valence-corrected chi connectivity index (χ2v) is 3.69. The third-order valence-electron chi connectivity index (χ3n) is 2.72. The normalized spacial score (nSPS) is 10.2. The molecule has 0 aliphatic rings. The first kappa shape index (κ1) is 11.3. The lowest BCUT2D eigenvalue weighted by Crippen LogP contribution is -2.01. The molecule has 88 valence electrons. The predicted molar refractivity (Wildman–Crippen MR) is 64.0 cm³/mol. The molecule has 0 saturated heterocycles. The van der Waals surface area contributed by atoms with Crippen molar-refractivity contribution in [3.63, 3.8) is 0 Å². The van der Waals surface area contributed by atoms with Crippen molar-refractivity contribution >= 4 is 5.97 Å². The van der Waals surface area contributed by atoms with E-state index in [0.717, 1.165) is 11.4 Å². The Labute approximate surface area is 99.1 Å². The van der Waals surface area contributed by atoms with Crippen LogP contribution in [-0.4, -0.2) is 22.8 Å². The standard InChI is InChI=1S/C13H13NO3/c1-9-12(13(15)16)7-8-14(9)10-3-5-11(17-2)6-4-10/h3-8H,1-2H3,(H,15,16). The summed E-state index contributed by atoms with van der Waals surface area (Å²) in [7, 11) is 1.61. The first-order valence-electron chi connectivity index (χ1n) is 5.19. The lowest BCUT2D eigenvalue weighted by molar-refractivity contribution is 0.0696. The first-order chi connectivity index (χ1) is 8.13. The van der Waals surface area contributed by atoms with Gasteiger partial charge in [-0.1, -0.05) is 0 Å². The van der Waals surface area contributed by atoms with E-state index < -0.39 is 5.97 Å². The maximum absolute atomic E-state index is 10.9. The van der Waals surface area contributed by atoms with Gasteiger partial charge in [0.05, 0.1) is 12.7 Å². The lowest BCUT2D eigenvalue weighted by Gasteiger charge is -2.07. The summed E-state index contributed by atoms with van der Waals surface area (Å²) in [5.41, 5.74) is 1.94. The predicted octanol–water partition coefficient (Wildman–Crippen LogP) is 2.49. The molecule has 0 spiro atoms. The molecule has 0 saturated carbocycles. The number of hydrogen-bond donors (Lipinski definition) is 1. The third-order valence-corrected chi connectivity index (χ3v) is 2.72. The van der Waals surface area contributed by atoms with Gasteiger partial charge in [0, 0.05) is 17.6 Å². The number of benzene rings is 1. The molecule has 0 fully saturated rings. The fourth-order valence-corrected chi connectivity index (χ4v) is 1.76. The highest BCUT2D eigenvalue weighted by atomic mass is 16.5. The van der Waals surface area contributed by atoms with Crippen LogP contribution in [0.25, 0.3) is 5.69 Å². The Bertz CT molecular complexity index is 540. The average Bonchev–Trinajstić information content (AvgIpc) is 2.71. The van der Waals surface area contributed by atoms with Crippen LogP contribution in [0, 0.1) is 6.92 Å². The maximum atomic E-state index is 10.9. The monoisotopic (exact) mass is 231 g/mol. The van der Waals surface area contributed by atoms with Crippen molar-refractivity contribution in [3.8, 4) is 11.4 Å². The maximum Gasteiger partial charge on any atom is 0.337 e. The molecule has 1 heterocycles. The number of hydrogen-bond acceptors (Lipinski definition) is 2. The summed E-state index contributed by atoms with van der Waals surface area (Å²) in [6, 6.07) is 9.06. The molecule has 17 heavy (non-hydrogen) atoms. The molecule has 0 unspecified atom stereocenters. The van der Waals surface area contributed by atoms with Gasteiger partial charge < -0.3 is 14.4 Å². The van der Waals surface area contributed by atoms with Gasteiger partial charge in [-0.05, 0) is 37.3 Å². The highest BCUT2D eigenvalue weighted by Crippen LogP contribution is 2.19. The van der Waals surface area contributed by atoms with Crippen molar-refractivity contribution in [1.29, 1.82) is 0 Å². The largest absolute Gasteiger partial charge is 0.497 e. The van der Waals surface area contributed by atoms with Gasteiger partial charge in [0.25, 0.3) is 0 Å². The Kier molecular flexibility index (Phi) is 2.87. The van der Waals surface area contributed by atoms with Gasteiger partial charge >= 0.3 is 5.97 Å². The molecule has 0 bridgehead atoms. The van der Waals surface area contributed by atoms with E-state index in [1.807, 2.05) is 28.8 Å². The number of aromatic carboxylic acids is 1. The lowest BCUT2D eigenvalue weighted by atomic mass is 10.2. The second-order valence-electron chi connectivity index (χ2n) is 3.69. The molecule has 1 N–H and O–H groups in total. The van der Waals surface area contributed by atoms with Crippen LogP contribution in [0.2, 0.25) is 0 Å². The van der Waals surface area contributed by atoms with Crippen molar-refractivity contribution in [2.45, 2.75) is 6.92 Å². The van der Waals surface area contributed by atoms with Crippen LogP contribution in [0.1, 0.15) is 16.1 Å². The minimum absolute atomic E-state index is 0.320.